The monoisotopic (exact) mass is 499 g/mol. The summed E-state index contributed by atoms with van der Waals surface area (Å²) in [5.74, 6) is -1.18. The number of nitrogens with one attached hydrogen (secondary N) is 1. The van der Waals surface area contributed by atoms with E-state index in [-0.39, 0.29) is 28.9 Å². The SMILES string of the molecule is NC(=O)c1cc(S(=O)(=O)N2CCCC2)ccc1OCC(=O)N[C@@H](c1ccccc1)c1cccs1. The zero-order valence-corrected chi connectivity index (χ0v) is 20.0. The van der Waals surface area contributed by atoms with Gasteiger partial charge in [0.05, 0.1) is 16.5 Å². The van der Waals surface area contributed by atoms with Crippen LogP contribution >= 0.6 is 11.3 Å². The molecule has 1 aromatic heterocycles. The number of sulfonamides is 1. The average molecular weight is 500 g/mol. The maximum absolute atomic E-state index is 12.8. The standard InChI is InChI=1S/C24H25N3O5S2/c25-24(29)19-15-18(34(30,31)27-12-4-5-13-27)10-11-20(19)32-16-22(28)26-23(21-9-6-14-33-21)17-7-2-1-3-8-17/h1-3,6-11,14-15,23H,4-5,12-13,16H2,(H2,25,29)(H,26,28)/t23-/m0/s1. The van der Waals surface area contributed by atoms with Gasteiger partial charge in [0.1, 0.15) is 5.75 Å². The quantitative estimate of drug-likeness (QED) is 0.469. The van der Waals surface area contributed by atoms with E-state index in [1.165, 1.54) is 33.8 Å². The summed E-state index contributed by atoms with van der Waals surface area (Å²) in [6.07, 6.45) is 1.60. The fourth-order valence-corrected chi connectivity index (χ4v) is 6.18. The van der Waals surface area contributed by atoms with Crippen LogP contribution in [0, 0.1) is 0 Å². The topological polar surface area (TPSA) is 119 Å². The molecular weight excluding hydrogens is 474 g/mol. The molecule has 0 bridgehead atoms. The van der Waals surface area contributed by atoms with Gasteiger partial charge in [0.15, 0.2) is 6.61 Å². The second kappa shape index (κ2) is 10.4. The molecule has 1 saturated heterocycles. The lowest BCUT2D eigenvalue weighted by Crippen LogP contribution is -2.33. The van der Waals surface area contributed by atoms with Crippen LogP contribution in [0.15, 0.2) is 70.9 Å². The Morgan fingerprint density at radius 1 is 1.06 bits per heavy atom. The van der Waals surface area contributed by atoms with Gasteiger partial charge in [0.2, 0.25) is 10.0 Å². The minimum Gasteiger partial charge on any atom is -0.483 e. The first-order chi connectivity index (χ1) is 16.4. The molecule has 1 aliphatic rings. The van der Waals surface area contributed by atoms with Gasteiger partial charge < -0.3 is 15.8 Å². The van der Waals surface area contributed by atoms with Gasteiger partial charge >= 0.3 is 0 Å². The Morgan fingerprint density at radius 3 is 2.44 bits per heavy atom. The molecule has 8 nitrogen and oxygen atoms in total. The summed E-state index contributed by atoms with van der Waals surface area (Å²) in [7, 11) is -3.72. The lowest BCUT2D eigenvalue weighted by molar-refractivity contribution is -0.123. The highest BCUT2D eigenvalue weighted by molar-refractivity contribution is 7.89. The Balaban J connectivity index is 1.49. The van der Waals surface area contributed by atoms with E-state index in [1.807, 2.05) is 47.8 Å². The van der Waals surface area contributed by atoms with Crippen LogP contribution in [0.4, 0.5) is 0 Å². The van der Waals surface area contributed by atoms with Gasteiger partial charge in [-0.15, -0.1) is 11.3 Å². The summed E-state index contributed by atoms with van der Waals surface area (Å²) in [4.78, 5) is 25.7. The Bertz CT molecular complexity index is 1260. The van der Waals surface area contributed by atoms with E-state index in [0.717, 1.165) is 23.3 Å². The van der Waals surface area contributed by atoms with E-state index >= 15 is 0 Å². The van der Waals surface area contributed by atoms with Crippen LogP contribution in [0.3, 0.4) is 0 Å². The van der Waals surface area contributed by atoms with E-state index < -0.39 is 21.8 Å². The summed E-state index contributed by atoms with van der Waals surface area (Å²) in [5.41, 5.74) is 6.31. The van der Waals surface area contributed by atoms with Crippen molar-refractivity contribution in [1.82, 2.24) is 9.62 Å². The number of thiophene rings is 1. The van der Waals surface area contributed by atoms with Gasteiger partial charge in [-0.3, -0.25) is 9.59 Å². The molecule has 3 N–H and O–H groups in total. The number of carbonyl (C=O) groups excluding carboxylic acids is 2. The third kappa shape index (κ3) is 5.30. The molecule has 10 heteroatoms. The van der Waals surface area contributed by atoms with Crippen LogP contribution in [-0.4, -0.2) is 44.2 Å². The van der Waals surface area contributed by atoms with Crippen LogP contribution in [0.2, 0.25) is 0 Å². The second-order valence-corrected chi connectivity index (χ2v) is 10.8. The molecule has 2 aromatic carbocycles. The van der Waals surface area contributed by atoms with Crippen molar-refractivity contribution >= 4 is 33.2 Å². The van der Waals surface area contributed by atoms with Gasteiger partial charge in [-0.05, 0) is 48.1 Å². The van der Waals surface area contributed by atoms with E-state index in [9.17, 15) is 18.0 Å². The van der Waals surface area contributed by atoms with E-state index in [4.69, 9.17) is 10.5 Å². The second-order valence-electron chi connectivity index (χ2n) is 7.85. The smallest absolute Gasteiger partial charge is 0.258 e. The Morgan fingerprint density at radius 2 is 1.79 bits per heavy atom. The van der Waals surface area contributed by atoms with Crippen molar-refractivity contribution in [1.29, 1.82) is 0 Å². The molecule has 0 saturated carbocycles. The van der Waals surface area contributed by atoms with E-state index in [1.54, 1.807) is 0 Å². The van der Waals surface area contributed by atoms with Crippen molar-refractivity contribution in [3.8, 4) is 5.75 Å². The van der Waals surface area contributed by atoms with Gasteiger partial charge in [-0.25, -0.2) is 8.42 Å². The number of nitrogens with zero attached hydrogens (tertiary/aromatic N) is 1. The first kappa shape index (κ1) is 23.9. The Labute approximate surface area is 202 Å². The van der Waals surface area contributed by atoms with Crippen molar-refractivity contribution < 1.29 is 22.7 Å². The molecule has 0 aliphatic carbocycles. The van der Waals surface area contributed by atoms with Gasteiger partial charge in [-0.2, -0.15) is 4.31 Å². The number of hydrogen-bond donors (Lipinski definition) is 2. The number of benzene rings is 2. The van der Waals surface area contributed by atoms with Crippen molar-refractivity contribution in [3.05, 3.63) is 82.0 Å². The van der Waals surface area contributed by atoms with Crippen LogP contribution < -0.4 is 15.8 Å². The lowest BCUT2D eigenvalue weighted by atomic mass is 10.1. The van der Waals surface area contributed by atoms with Gasteiger partial charge in [-0.1, -0.05) is 36.4 Å². The Hall–Kier alpha value is -3.21. The number of nitrogens with two attached hydrogens (primary N) is 1. The zero-order chi connectivity index (χ0) is 24.1. The number of carbonyl (C=O) groups is 2. The van der Waals surface area contributed by atoms with Crippen LogP contribution in [-0.2, 0) is 14.8 Å². The predicted molar refractivity (Wildman–Crippen MR) is 129 cm³/mol. The summed E-state index contributed by atoms with van der Waals surface area (Å²) in [6.45, 7) is 0.520. The fourth-order valence-electron chi connectivity index (χ4n) is 3.83. The minimum absolute atomic E-state index is 0.0261. The van der Waals surface area contributed by atoms with Crippen molar-refractivity contribution in [2.24, 2.45) is 5.73 Å². The van der Waals surface area contributed by atoms with E-state index in [0.29, 0.717) is 13.1 Å². The molecule has 4 rings (SSSR count). The summed E-state index contributed by atoms with van der Waals surface area (Å²) in [6, 6.07) is 17.0. The maximum Gasteiger partial charge on any atom is 0.258 e. The molecular formula is C24H25N3O5S2. The molecule has 0 radical (unpaired) electrons. The molecule has 1 fully saturated rings. The highest BCUT2D eigenvalue weighted by Crippen LogP contribution is 2.28. The third-order valence-corrected chi connectivity index (χ3v) is 8.38. The molecule has 0 unspecified atom stereocenters. The first-order valence-corrected chi connectivity index (χ1v) is 13.1. The first-order valence-electron chi connectivity index (χ1n) is 10.8. The summed E-state index contributed by atoms with van der Waals surface area (Å²) in [5, 5.41) is 4.89. The number of amides is 2. The summed E-state index contributed by atoms with van der Waals surface area (Å²) < 4.78 is 32.6. The summed E-state index contributed by atoms with van der Waals surface area (Å²) >= 11 is 1.53. The molecule has 1 atom stereocenters. The zero-order valence-electron chi connectivity index (χ0n) is 18.3. The van der Waals surface area contributed by atoms with Crippen molar-refractivity contribution in [2.45, 2.75) is 23.8 Å². The Kier molecular flexibility index (Phi) is 7.30. The normalized spacial score (nSPS) is 15.1. The predicted octanol–water partition coefficient (Wildman–Crippen LogP) is 2.92. The molecule has 3 aromatic rings. The average Bonchev–Trinajstić information content (AvgIpc) is 3.56. The third-order valence-electron chi connectivity index (χ3n) is 5.54. The van der Waals surface area contributed by atoms with Crippen LogP contribution in [0.25, 0.3) is 0 Å². The molecule has 2 heterocycles. The van der Waals surface area contributed by atoms with Crippen molar-refractivity contribution in [2.75, 3.05) is 19.7 Å². The number of hydrogen-bond acceptors (Lipinski definition) is 6. The highest BCUT2D eigenvalue weighted by atomic mass is 32.2. The van der Waals surface area contributed by atoms with Crippen LogP contribution in [0.5, 0.6) is 5.75 Å². The minimum atomic E-state index is -3.72. The molecule has 2 amide bonds. The number of primary amides is 1. The number of rotatable bonds is 9. The molecule has 178 valence electrons. The maximum atomic E-state index is 12.8. The molecule has 0 spiro atoms. The molecule has 34 heavy (non-hydrogen) atoms. The number of ether oxygens (including phenoxy) is 1. The lowest BCUT2D eigenvalue weighted by Gasteiger charge is -2.19. The van der Waals surface area contributed by atoms with Gasteiger partial charge in [0, 0.05) is 18.0 Å². The van der Waals surface area contributed by atoms with Crippen molar-refractivity contribution in [3.63, 3.8) is 0 Å². The largest absolute Gasteiger partial charge is 0.483 e. The molecule has 1 aliphatic heterocycles. The van der Waals surface area contributed by atoms with Crippen LogP contribution in [0.1, 0.15) is 39.7 Å². The van der Waals surface area contributed by atoms with Gasteiger partial charge in [0.25, 0.3) is 11.8 Å². The highest BCUT2D eigenvalue weighted by Gasteiger charge is 2.28. The fraction of sp³-hybridized carbons (Fsp3) is 0.250. The van der Waals surface area contributed by atoms with E-state index in [2.05, 4.69) is 5.32 Å².